The predicted molar refractivity (Wildman–Crippen MR) is 87.8 cm³/mol. The molecule has 20 heavy (non-hydrogen) atoms. The number of halogens is 2. The Bertz CT molecular complexity index is 588. The van der Waals surface area contributed by atoms with Gasteiger partial charge in [-0.05, 0) is 37.7 Å². The maximum atomic E-state index is 6.15. The highest BCUT2D eigenvalue weighted by molar-refractivity contribution is 9.10. The molecule has 2 aromatic rings. The molecule has 0 spiro atoms. The van der Waals surface area contributed by atoms with E-state index in [0.717, 1.165) is 22.3 Å². The molecule has 2 rings (SSSR count). The van der Waals surface area contributed by atoms with Gasteiger partial charge in [0.2, 0.25) is 0 Å². The molecule has 0 aliphatic rings. The molecule has 0 saturated carbocycles. The van der Waals surface area contributed by atoms with Crippen molar-refractivity contribution in [2.24, 2.45) is 0 Å². The van der Waals surface area contributed by atoms with Crippen LogP contribution < -0.4 is 10.1 Å². The molecule has 2 aromatic carbocycles. The van der Waals surface area contributed by atoms with Crippen LogP contribution >= 0.6 is 27.5 Å². The van der Waals surface area contributed by atoms with Crippen molar-refractivity contribution in [3.05, 3.63) is 57.5 Å². The van der Waals surface area contributed by atoms with Crippen molar-refractivity contribution in [1.82, 2.24) is 5.32 Å². The highest BCUT2D eigenvalue weighted by Gasteiger charge is 2.13. The van der Waals surface area contributed by atoms with Gasteiger partial charge in [0.25, 0.3) is 0 Å². The Morgan fingerprint density at radius 3 is 2.65 bits per heavy atom. The largest absolute Gasteiger partial charge is 0.455 e. The first kappa shape index (κ1) is 15.4. The molecular weight excluding hydrogens is 338 g/mol. The maximum absolute atomic E-state index is 6.15. The van der Waals surface area contributed by atoms with Crippen LogP contribution in [0, 0.1) is 0 Å². The van der Waals surface area contributed by atoms with Crippen LogP contribution in [0.4, 0.5) is 0 Å². The summed E-state index contributed by atoms with van der Waals surface area (Å²) in [5, 5.41) is 4.00. The van der Waals surface area contributed by atoms with Crippen molar-refractivity contribution in [1.29, 1.82) is 0 Å². The summed E-state index contributed by atoms with van der Waals surface area (Å²) in [6.45, 7) is 5.11. The SMILES string of the molecule is CCNC(C)c1ccc(Br)cc1Oc1ccccc1Cl. The number of hydrogen-bond acceptors (Lipinski definition) is 2. The highest BCUT2D eigenvalue weighted by atomic mass is 79.9. The molecule has 0 amide bonds. The predicted octanol–water partition coefficient (Wildman–Crippen LogP) is 5.57. The van der Waals surface area contributed by atoms with Crippen LogP contribution in [-0.4, -0.2) is 6.54 Å². The highest BCUT2D eigenvalue weighted by Crippen LogP contribution is 2.35. The van der Waals surface area contributed by atoms with E-state index in [0.29, 0.717) is 10.8 Å². The summed E-state index contributed by atoms with van der Waals surface area (Å²) in [7, 11) is 0. The van der Waals surface area contributed by atoms with Crippen LogP contribution in [0.25, 0.3) is 0 Å². The first-order chi connectivity index (χ1) is 9.61. The van der Waals surface area contributed by atoms with E-state index in [1.807, 2.05) is 36.4 Å². The van der Waals surface area contributed by atoms with E-state index in [1.165, 1.54) is 0 Å². The van der Waals surface area contributed by atoms with Crippen molar-refractivity contribution in [2.75, 3.05) is 6.54 Å². The summed E-state index contributed by atoms with van der Waals surface area (Å²) >= 11 is 9.64. The number of ether oxygens (including phenoxy) is 1. The van der Waals surface area contributed by atoms with Gasteiger partial charge in [0.1, 0.15) is 11.5 Å². The Morgan fingerprint density at radius 2 is 1.95 bits per heavy atom. The fraction of sp³-hybridized carbons (Fsp3) is 0.250. The standard InChI is InChI=1S/C16H17BrClNO/c1-3-19-11(2)13-9-8-12(17)10-16(13)20-15-7-5-4-6-14(15)18/h4-11,19H,3H2,1-2H3. The third-order valence-electron chi connectivity index (χ3n) is 3.01. The lowest BCUT2D eigenvalue weighted by Crippen LogP contribution is -2.18. The number of hydrogen-bond donors (Lipinski definition) is 1. The summed E-state index contributed by atoms with van der Waals surface area (Å²) < 4.78 is 6.97. The molecule has 0 fully saturated rings. The third-order valence-corrected chi connectivity index (χ3v) is 3.81. The lowest BCUT2D eigenvalue weighted by molar-refractivity contribution is 0.463. The topological polar surface area (TPSA) is 21.3 Å². The number of benzene rings is 2. The zero-order chi connectivity index (χ0) is 14.5. The van der Waals surface area contributed by atoms with E-state index in [9.17, 15) is 0 Å². The van der Waals surface area contributed by atoms with E-state index in [1.54, 1.807) is 0 Å². The molecule has 1 unspecified atom stereocenters. The molecule has 106 valence electrons. The zero-order valence-electron chi connectivity index (χ0n) is 11.5. The molecule has 0 aliphatic heterocycles. The summed E-state index contributed by atoms with van der Waals surface area (Å²) in [6, 6.07) is 13.7. The molecular formula is C16H17BrClNO. The molecule has 0 heterocycles. The van der Waals surface area contributed by atoms with Crippen LogP contribution in [0.5, 0.6) is 11.5 Å². The van der Waals surface area contributed by atoms with Crippen molar-refractivity contribution < 1.29 is 4.74 Å². The first-order valence-corrected chi connectivity index (χ1v) is 7.74. The normalized spacial score (nSPS) is 12.2. The van der Waals surface area contributed by atoms with E-state index in [2.05, 4.69) is 41.2 Å². The van der Waals surface area contributed by atoms with Gasteiger partial charge in [-0.1, -0.05) is 52.7 Å². The van der Waals surface area contributed by atoms with Crippen LogP contribution in [0.2, 0.25) is 5.02 Å². The molecule has 1 atom stereocenters. The Balaban J connectivity index is 2.35. The third kappa shape index (κ3) is 3.75. The second-order valence-electron chi connectivity index (χ2n) is 4.49. The minimum atomic E-state index is 0.214. The van der Waals surface area contributed by atoms with Gasteiger partial charge in [0.15, 0.2) is 0 Å². The van der Waals surface area contributed by atoms with Crippen molar-refractivity contribution >= 4 is 27.5 Å². The molecule has 0 radical (unpaired) electrons. The van der Waals surface area contributed by atoms with Crippen LogP contribution in [0.3, 0.4) is 0 Å². The number of rotatable bonds is 5. The lowest BCUT2D eigenvalue weighted by atomic mass is 10.1. The number of nitrogens with one attached hydrogen (secondary N) is 1. The van der Waals surface area contributed by atoms with Crippen LogP contribution in [-0.2, 0) is 0 Å². The molecule has 0 saturated heterocycles. The Kier molecular flexibility index (Phi) is 5.46. The average molecular weight is 355 g/mol. The second-order valence-corrected chi connectivity index (χ2v) is 5.82. The first-order valence-electron chi connectivity index (χ1n) is 6.57. The lowest BCUT2D eigenvalue weighted by Gasteiger charge is -2.18. The molecule has 0 aliphatic carbocycles. The monoisotopic (exact) mass is 353 g/mol. The van der Waals surface area contributed by atoms with E-state index >= 15 is 0 Å². The summed E-state index contributed by atoms with van der Waals surface area (Å²) in [6.07, 6.45) is 0. The molecule has 2 nitrogen and oxygen atoms in total. The average Bonchev–Trinajstić information content (AvgIpc) is 2.42. The number of para-hydroxylation sites is 1. The Hall–Kier alpha value is -1.03. The quantitative estimate of drug-likeness (QED) is 0.758. The van der Waals surface area contributed by atoms with Crippen molar-refractivity contribution in [3.63, 3.8) is 0 Å². The zero-order valence-corrected chi connectivity index (χ0v) is 13.8. The van der Waals surface area contributed by atoms with Crippen LogP contribution in [0.1, 0.15) is 25.5 Å². The smallest absolute Gasteiger partial charge is 0.146 e. The Labute approximate surface area is 133 Å². The molecule has 4 heteroatoms. The molecule has 0 aromatic heterocycles. The minimum absolute atomic E-state index is 0.214. The molecule has 0 bridgehead atoms. The van der Waals surface area contributed by atoms with E-state index in [-0.39, 0.29) is 6.04 Å². The van der Waals surface area contributed by atoms with Gasteiger partial charge in [-0.15, -0.1) is 0 Å². The van der Waals surface area contributed by atoms with E-state index < -0.39 is 0 Å². The second kappa shape index (κ2) is 7.11. The van der Waals surface area contributed by atoms with Gasteiger partial charge in [-0.3, -0.25) is 0 Å². The summed E-state index contributed by atoms with van der Waals surface area (Å²) in [4.78, 5) is 0. The fourth-order valence-corrected chi connectivity index (χ4v) is 2.53. The fourth-order valence-electron chi connectivity index (χ4n) is 2.02. The Morgan fingerprint density at radius 1 is 1.20 bits per heavy atom. The van der Waals surface area contributed by atoms with Crippen molar-refractivity contribution in [2.45, 2.75) is 19.9 Å². The van der Waals surface area contributed by atoms with Gasteiger partial charge in [-0.25, -0.2) is 0 Å². The molecule has 1 N–H and O–H groups in total. The van der Waals surface area contributed by atoms with E-state index in [4.69, 9.17) is 16.3 Å². The summed E-state index contributed by atoms with van der Waals surface area (Å²) in [5.41, 5.74) is 1.11. The maximum Gasteiger partial charge on any atom is 0.146 e. The van der Waals surface area contributed by atoms with Gasteiger partial charge in [-0.2, -0.15) is 0 Å². The van der Waals surface area contributed by atoms with Crippen molar-refractivity contribution in [3.8, 4) is 11.5 Å². The van der Waals surface area contributed by atoms with Gasteiger partial charge < -0.3 is 10.1 Å². The summed E-state index contributed by atoms with van der Waals surface area (Å²) in [5.74, 6) is 1.47. The van der Waals surface area contributed by atoms with Gasteiger partial charge >= 0.3 is 0 Å². The minimum Gasteiger partial charge on any atom is -0.455 e. The van der Waals surface area contributed by atoms with Gasteiger partial charge in [0, 0.05) is 16.1 Å². The van der Waals surface area contributed by atoms with Gasteiger partial charge in [0.05, 0.1) is 5.02 Å². The van der Waals surface area contributed by atoms with Crippen LogP contribution in [0.15, 0.2) is 46.9 Å².